The van der Waals surface area contributed by atoms with Gasteiger partial charge in [0.25, 0.3) is 5.91 Å². The molecule has 5 nitrogen and oxygen atoms in total. The van der Waals surface area contributed by atoms with E-state index < -0.39 is 5.60 Å². The summed E-state index contributed by atoms with van der Waals surface area (Å²) in [4.78, 5) is 29.5. The van der Waals surface area contributed by atoms with Gasteiger partial charge in [-0.2, -0.15) is 0 Å². The van der Waals surface area contributed by atoms with Crippen LogP contribution in [0.3, 0.4) is 0 Å². The van der Waals surface area contributed by atoms with Crippen molar-refractivity contribution in [3.63, 3.8) is 0 Å². The molecule has 23 heavy (non-hydrogen) atoms. The maximum atomic E-state index is 12.7. The van der Waals surface area contributed by atoms with Crippen molar-refractivity contribution in [1.29, 1.82) is 0 Å². The second kappa shape index (κ2) is 5.66. The topological polar surface area (TPSA) is 59.5 Å². The van der Waals surface area contributed by atoms with Crippen LogP contribution in [0.1, 0.15) is 29.9 Å². The number of hydrogen-bond donors (Lipinski definition) is 0. The van der Waals surface area contributed by atoms with Crippen LogP contribution in [0, 0.1) is 0 Å². The third-order valence-corrected chi connectivity index (χ3v) is 3.87. The third-order valence-electron chi connectivity index (χ3n) is 3.64. The zero-order chi connectivity index (χ0) is 16.6. The number of halogens is 1. The zero-order valence-electron chi connectivity index (χ0n) is 12.7. The van der Waals surface area contributed by atoms with Gasteiger partial charge in [0.15, 0.2) is 5.60 Å². The van der Waals surface area contributed by atoms with Crippen molar-refractivity contribution < 1.29 is 14.3 Å². The molecule has 0 bridgehead atoms. The van der Waals surface area contributed by atoms with Crippen LogP contribution in [0.25, 0.3) is 0 Å². The number of amides is 1. The highest BCUT2D eigenvalue weighted by atomic mass is 35.5. The number of rotatable bonds is 3. The number of pyridine rings is 1. The zero-order valence-corrected chi connectivity index (χ0v) is 13.5. The summed E-state index contributed by atoms with van der Waals surface area (Å²) in [5.41, 5.74) is 0.821. The minimum absolute atomic E-state index is 0.166. The number of benzene rings is 1. The summed E-state index contributed by atoms with van der Waals surface area (Å²) >= 11 is 5.85. The molecular formula is C17H15ClN2O3. The molecule has 1 aromatic heterocycles. The number of fused-ring (bicyclic) bond motifs is 1. The fraction of sp³-hybridized carbons (Fsp3) is 0.235. The van der Waals surface area contributed by atoms with Crippen LogP contribution in [-0.4, -0.2) is 22.8 Å². The van der Waals surface area contributed by atoms with E-state index in [2.05, 4.69) is 4.98 Å². The van der Waals surface area contributed by atoms with Gasteiger partial charge < -0.3 is 4.74 Å². The lowest BCUT2D eigenvalue weighted by Crippen LogP contribution is -2.52. The Morgan fingerprint density at radius 1 is 1.30 bits per heavy atom. The summed E-state index contributed by atoms with van der Waals surface area (Å²) in [6.45, 7) is 3.71. The van der Waals surface area contributed by atoms with Crippen molar-refractivity contribution in [2.45, 2.75) is 26.0 Å². The number of aldehydes is 1. The van der Waals surface area contributed by atoms with E-state index in [-0.39, 0.29) is 5.91 Å². The number of carbonyl (C=O) groups excluding carboxylic acids is 2. The van der Waals surface area contributed by atoms with Gasteiger partial charge in [-0.1, -0.05) is 11.6 Å². The van der Waals surface area contributed by atoms with Crippen LogP contribution in [0.5, 0.6) is 5.75 Å². The molecule has 0 saturated heterocycles. The normalized spacial score (nSPS) is 15.8. The van der Waals surface area contributed by atoms with Crippen molar-refractivity contribution in [1.82, 2.24) is 4.98 Å². The van der Waals surface area contributed by atoms with Crippen LogP contribution in [0.15, 0.2) is 36.5 Å². The average Bonchev–Trinajstić information content (AvgIpc) is 2.52. The minimum Gasteiger partial charge on any atom is -0.476 e. The van der Waals surface area contributed by atoms with E-state index >= 15 is 0 Å². The van der Waals surface area contributed by atoms with Gasteiger partial charge in [0, 0.05) is 11.8 Å². The maximum Gasteiger partial charge on any atom is 0.271 e. The number of anilines is 1. The summed E-state index contributed by atoms with van der Waals surface area (Å²) in [5, 5.41) is 0.540. The lowest BCUT2D eigenvalue weighted by atomic mass is 10.0. The molecule has 0 radical (unpaired) electrons. The van der Waals surface area contributed by atoms with Crippen molar-refractivity contribution >= 4 is 29.5 Å². The van der Waals surface area contributed by atoms with Crippen LogP contribution in [0.2, 0.25) is 5.02 Å². The van der Waals surface area contributed by atoms with E-state index in [9.17, 15) is 9.59 Å². The molecule has 2 heterocycles. The van der Waals surface area contributed by atoms with Gasteiger partial charge in [0.05, 0.1) is 22.9 Å². The van der Waals surface area contributed by atoms with Gasteiger partial charge in [-0.3, -0.25) is 19.5 Å². The average molecular weight is 331 g/mol. The van der Waals surface area contributed by atoms with Gasteiger partial charge in [-0.05, 0) is 44.2 Å². The number of nitrogens with zero attached hydrogens (tertiary/aromatic N) is 2. The maximum absolute atomic E-state index is 12.7. The van der Waals surface area contributed by atoms with E-state index in [4.69, 9.17) is 16.3 Å². The Bertz CT molecular complexity index is 772. The fourth-order valence-corrected chi connectivity index (χ4v) is 2.59. The lowest BCUT2D eigenvalue weighted by molar-refractivity contribution is -0.132. The van der Waals surface area contributed by atoms with Crippen molar-refractivity contribution in [2.75, 3.05) is 4.90 Å². The molecule has 0 fully saturated rings. The Balaban J connectivity index is 2.02. The molecule has 0 aliphatic carbocycles. The molecule has 0 atom stereocenters. The number of aromatic nitrogens is 1. The highest BCUT2D eigenvalue weighted by molar-refractivity contribution is 6.30. The van der Waals surface area contributed by atoms with E-state index in [1.54, 1.807) is 55.3 Å². The molecule has 2 aromatic rings. The standard InChI is InChI=1S/C17H15ClN2O3/c1-17(2)16(22)20(9-13-5-4-12(18)8-19-13)14-6-3-11(10-21)7-15(14)23-17/h3-8,10H,9H2,1-2H3. The van der Waals surface area contributed by atoms with Gasteiger partial charge in [0.2, 0.25) is 0 Å². The summed E-state index contributed by atoms with van der Waals surface area (Å²) in [7, 11) is 0. The van der Waals surface area contributed by atoms with Gasteiger partial charge in [-0.25, -0.2) is 0 Å². The van der Waals surface area contributed by atoms with Crippen LogP contribution >= 0.6 is 11.6 Å². The highest BCUT2D eigenvalue weighted by Gasteiger charge is 2.41. The molecule has 118 valence electrons. The highest BCUT2D eigenvalue weighted by Crippen LogP contribution is 2.38. The third kappa shape index (κ3) is 2.92. The molecule has 0 N–H and O–H groups in total. The fourth-order valence-electron chi connectivity index (χ4n) is 2.48. The van der Waals surface area contributed by atoms with Crippen LogP contribution in [-0.2, 0) is 11.3 Å². The molecule has 0 unspecified atom stereocenters. The number of carbonyl (C=O) groups is 2. The van der Waals surface area contributed by atoms with Crippen LogP contribution in [0.4, 0.5) is 5.69 Å². The Hall–Kier alpha value is -2.40. The first-order valence-electron chi connectivity index (χ1n) is 7.11. The molecule has 3 rings (SSSR count). The first-order valence-corrected chi connectivity index (χ1v) is 7.49. The van der Waals surface area contributed by atoms with E-state index in [1.165, 1.54) is 0 Å². The summed E-state index contributed by atoms with van der Waals surface area (Å²) in [6.07, 6.45) is 2.29. The van der Waals surface area contributed by atoms with Crippen molar-refractivity contribution in [3.8, 4) is 5.75 Å². The molecule has 1 aromatic carbocycles. The smallest absolute Gasteiger partial charge is 0.271 e. The molecule has 6 heteroatoms. The first-order chi connectivity index (χ1) is 10.9. The van der Waals surface area contributed by atoms with Gasteiger partial charge in [0.1, 0.15) is 12.0 Å². The SMILES string of the molecule is CC1(C)Oc2cc(C=O)ccc2N(Cc2ccc(Cl)cn2)C1=O. The largest absolute Gasteiger partial charge is 0.476 e. The van der Waals surface area contributed by atoms with Crippen molar-refractivity contribution in [2.24, 2.45) is 0 Å². The molecular weight excluding hydrogens is 316 g/mol. The van der Waals surface area contributed by atoms with Crippen molar-refractivity contribution in [3.05, 3.63) is 52.8 Å². The first kappa shape index (κ1) is 15.5. The second-order valence-corrected chi connectivity index (χ2v) is 6.25. The van der Waals surface area contributed by atoms with E-state index in [0.29, 0.717) is 34.3 Å². The van der Waals surface area contributed by atoms with E-state index in [1.807, 2.05) is 0 Å². The monoisotopic (exact) mass is 330 g/mol. The Morgan fingerprint density at radius 2 is 2.09 bits per heavy atom. The molecule has 0 saturated carbocycles. The van der Waals surface area contributed by atoms with E-state index in [0.717, 1.165) is 6.29 Å². The Labute approximate surface area is 138 Å². The summed E-state index contributed by atoms with van der Waals surface area (Å²) < 4.78 is 5.77. The second-order valence-electron chi connectivity index (χ2n) is 5.82. The Morgan fingerprint density at radius 3 is 2.74 bits per heavy atom. The quantitative estimate of drug-likeness (QED) is 0.810. The van der Waals surface area contributed by atoms with Gasteiger partial charge >= 0.3 is 0 Å². The lowest BCUT2D eigenvalue weighted by Gasteiger charge is -2.38. The molecule has 1 amide bonds. The predicted octanol–water partition coefficient (Wildman–Crippen LogP) is 3.25. The Kier molecular flexibility index (Phi) is 3.82. The molecule has 0 spiro atoms. The van der Waals surface area contributed by atoms with Gasteiger partial charge in [-0.15, -0.1) is 0 Å². The molecule has 1 aliphatic heterocycles. The minimum atomic E-state index is -1.01. The number of hydrogen-bond acceptors (Lipinski definition) is 4. The predicted molar refractivity (Wildman–Crippen MR) is 87.0 cm³/mol. The summed E-state index contributed by atoms with van der Waals surface area (Å²) in [6, 6.07) is 8.51. The number of ether oxygens (including phenoxy) is 1. The summed E-state index contributed by atoms with van der Waals surface area (Å²) in [5.74, 6) is 0.341. The van der Waals surface area contributed by atoms with Crippen LogP contribution < -0.4 is 9.64 Å². The molecule has 1 aliphatic rings.